The number of rotatable bonds is 4. The molecule has 4 nitrogen and oxygen atoms in total. The molecule has 1 heterocycles. The number of ketones is 1. The lowest BCUT2D eigenvalue weighted by Gasteiger charge is -2.07. The predicted molar refractivity (Wildman–Crippen MR) is 70.6 cm³/mol. The summed E-state index contributed by atoms with van der Waals surface area (Å²) in [5.41, 5.74) is 1.84. The molecule has 0 radical (unpaired) electrons. The molecule has 1 aromatic rings. The van der Waals surface area contributed by atoms with Gasteiger partial charge in [0.2, 0.25) is 0 Å². The number of sulfone groups is 1. The minimum atomic E-state index is -3.02. The highest BCUT2D eigenvalue weighted by atomic mass is 32.2. The summed E-state index contributed by atoms with van der Waals surface area (Å²) in [6.45, 7) is 3.82. The Morgan fingerprint density at radius 2 is 2.00 bits per heavy atom. The molecule has 1 aliphatic rings. The second-order valence-electron chi connectivity index (χ2n) is 5.13. The smallest absolute Gasteiger partial charge is 0.164 e. The first-order valence-corrected chi connectivity index (χ1v) is 8.05. The average molecular weight is 269 g/mol. The normalized spacial score (nSPS) is 16.1. The fourth-order valence-corrected chi connectivity index (χ4v) is 3.11. The van der Waals surface area contributed by atoms with Crippen LogP contribution in [0.1, 0.15) is 42.6 Å². The van der Waals surface area contributed by atoms with Crippen LogP contribution in [0.5, 0.6) is 0 Å². The number of aromatic nitrogens is 1. The quantitative estimate of drug-likeness (QED) is 0.838. The van der Waals surface area contributed by atoms with Gasteiger partial charge in [0, 0.05) is 30.9 Å². The summed E-state index contributed by atoms with van der Waals surface area (Å²) < 4.78 is 25.3. The van der Waals surface area contributed by atoms with Crippen molar-refractivity contribution in [1.29, 1.82) is 0 Å². The van der Waals surface area contributed by atoms with Crippen molar-refractivity contribution in [2.45, 2.75) is 44.9 Å². The summed E-state index contributed by atoms with van der Waals surface area (Å²) >= 11 is 0. The standard InChI is InChI=1S/C13H19NO3S/c1-10(2)18(16,17)7-6-14-8-11-4-3-5-13(15)12(11)9-14/h8-10H,3-7H2,1-2H3. The van der Waals surface area contributed by atoms with Crippen LogP contribution < -0.4 is 0 Å². The molecule has 0 fully saturated rings. The molecule has 0 bridgehead atoms. The molecule has 1 aliphatic carbocycles. The highest BCUT2D eigenvalue weighted by molar-refractivity contribution is 7.91. The van der Waals surface area contributed by atoms with Gasteiger partial charge in [-0.2, -0.15) is 0 Å². The summed E-state index contributed by atoms with van der Waals surface area (Å²) in [5.74, 6) is 0.314. The number of aryl methyl sites for hydroxylation is 2. The Hall–Kier alpha value is -1.10. The molecule has 0 amide bonds. The van der Waals surface area contributed by atoms with E-state index in [1.165, 1.54) is 0 Å². The highest BCUT2D eigenvalue weighted by Gasteiger charge is 2.20. The minimum Gasteiger partial charge on any atom is -0.352 e. The van der Waals surface area contributed by atoms with Crippen molar-refractivity contribution < 1.29 is 13.2 Å². The largest absolute Gasteiger partial charge is 0.352 e. The van der Waals surface area contributed by atoms with E-state index in [-0.39, 0.29) is 16.8 Å². The van der Waals surface area contributed by atoms with Crippen molar-refractivity contribution in [1.82, 2.24) is 4.57 Å². The molecule has 0 saturated carbocycles. The van der Waals surface area contributed by atoms with Crippen LogP contribution in [-0.2, 0) is 22.8 Å². The van der Waals surface area contributed by atoms with Gasteiger partial charge in [0.05, 0.1) is 11.0 Å². The maximum Gasteiger partial charge on any atom is 0.164 e. The van der Waals surface area contributed by atoms with E-state index in [2.05, 4.69) is 0 Å². The molecule has 0 unspecified atom stereocenters. The molecule has 2 rings (SSSR count). The van der Waals surface area contributed by atoms with Crippen LogP contribution in [0.4, 0.5) is 0 Å². The van der Waals surface area contributed by atoms with Crippen LogP contribution >= 0.6 is 0 Å². The Balaban J connectivity index is 2.10. The predicted octanol–water partition coefficient (Wildman–Crippen LogP) is 1.83. The summed E-state index contributed by atoms with van der Waals surface area (Å²) in [4.78, 5) is 11.7. The molecular weight excluding hydrogens is 250 g/mol. The number of hydrogen-bond acceptors (Lipinski definition) is 3. The van der Waals surface area contributed by atoms with Gasteiger partial charge in [-0.3, -0.25) is 4.79 Å². The third kappa shape index (κ3) is 2.66. The summed E-state index contributed by atoms with van der Waals surface area (Å²) in [5, 5.41) is -0.343. The van der Waals surface area contributed by atoms with Crippen LogP contribution in [0.15, 0.2) is 12.4 Å². The van der Waals surface area contributed by atoms with Crippen LogP contribution in [0.2, 0.25) is 0 Å². The third-order valence-corrected chi connectivity index (χ3v) is 5.65. The Morgan fingerprint density at radius 1 is 1.28 bits per heavy atom. The van der Waals surface area contributed by atoms with Crippen molar-refractivity contribution >= 4 is 15.6 Å². The summed E-state index contributed by atoms with van der Waals surface area (Å²) in [6, 6.07) is 0. The summed E-state index contributed by atoms with van der Waals surface area (Å²) in [6.07, 6.45) is 6.15. The summed E-state index contributed by atoms with van der Waals surface area (Å²) in [7, 11) is -3.02. The van der Waals surface area contributed by atoms with Crippen LogP contribution in [0, 0.1) is 0 Å². The fourth-order valence-electron chi connectivity index (χ4n) is 2.18. The lowest BCUT2D eigenvalue weighted by Crippen LogP contribution is -2.20. The Labute approximate surface area is 108 Å². The number of carbonyl (C=O) groups is 1. The average Bonchev–Trinajstić information content (AvgIpc) is 2.71. The Kier molecular flexibility index (Phi) is 3.61. The monoisotopic (exact) mass is 269 g/mol. The Bertz CT molecular complexity index is 555. The Morgan fingerprint density at radius 3 is 2.61 bits per heavy atom. The van der Waals surface area contributed by atoms with Gasteiger partial charge in [0.15, 0.2) is 15.6 Å². The first kappa shape index (κ1) is 13.3. The van der Waals surface area contributed by atoms with Gasteiger partial charge in [-0.25, -0.2) is 8.42 Å². The molecule has 5 heteroatoms. The number of Topliss-reactive ketones (excluding diaryl/α,β-unsaturated/α-hetero) is 1. The van der Waals surface area contributed by atoms with E-state index >= 15 is 0 Å². The molecule has 0 N–H and O–H groups in total. The van der Waals surface area contributed by atoms with E-state index in [0.29, 0.717) is 13.0 Å². The molecule has 0 saturated heterocycles. The van der Waals surface area contributed by atoms with Gasteiger partial charge in [-0.1, -0.05) is 0 Å². The maximum absolute atomic E-state index is 11.7. The van der Waals surface area contributed by atoms with Crippen LogP contribution in [0.25, 0.3) is 0 Å². The van der Waals surface area contributed by atoms with Gasteiger partial charge < -0.3 is 4.57 Å². The lowest BCUT2D eigenvalue weighted by atomic mass is 9.95. The molecule has 100 valence electrons. The molecule has 0 atom stereocenters. The first-order chi connectivity index (χ1) is 8.40. The van der Waals surface area contributed by atoms with Gasteiger partial charge in [-0.15, -0.1) is 0 Å². The molecule has 0 aliphatic heterocycles. The SMILES string of the molecule is CC(C)S(=O)(=O)CCn1cc2c(c1)C(=O)CCC2. The van der Waals surface area contributed by atoms with Crippen LogP contribution in [0.3, 0.4) is 0 Å². The van der Waals surface area contributed by atoms with Crippen molar-refractivity contribution in [3.05, 3.63) is 23.5 Å². The second-order valence-corrected chi connectivity index (χ2v) is 7.80. The zero-order chi connectivity index (χ0) is 13.3. The zero-order valence-corrected chi connectivity index (χ0v) is 11.7. The van der Waals surface area contributed by atoms with Crippen molar-refractivity contribution in [3.63, 3.8) is 0 Å². The van der Waals surface area contributed by atoms with Gasteiger partial charge in [-0.05, 0) is 32.3 Å². The van der Waals surface area contributed by atoms with Crippen molar-refractivity contribution in [3.8, 4) is 0 Å². The van der Waals surface area contributed by atoms with E-state index in [0.717, 1.165) is 24.0 Å². The number of hydrogen-bond donors (Lipinski definition) is 0. The second kappa shape index (κ2) is 4.88. The zero-order valence-electron chi connectivity index (χ0n) is 10.8. The van der Waals surface area contributed by atoms with Crippen molar-refractivity contribution in [2.24, 2.45) is 0 Å². The molecule has 0 spiro atoms. The number of fused-ring (bicyclic) bond motifs is 1. The van der Waals surface area contributed by atoms with E-state index in [4.69, 9.17) is 0 Å². The first-order valence-electron chi connectivity index (χ1n) is 6.33. The molecule has 1 aromatic heterocycles. The van der Waals surface area contributed by atoms with Crippen LogP contribution in [-0.4, -0.2) is 29.8 Å². The molecule has 18 heavy (non-hydrogen) atoms. The van der Waals surface area contributed by atoms with Gasteiger partial charge in [0.1, 0.15) is 0 Å². The van der Waals surface area contributed by atoms with Crippen molar-refractivity contribution in [2.75, 3.05) is 5.75 Å². The highest BCUT2D eigenvalue weighted by Crippen LogP contribution is 2.22. The fraction of sp³-hybridized carbons (Fsp3) is 0.615. The van der Waals surface area contributed by atoms with Gasteiger partial charge >= 0.3 is 0 Å². The topological polar surface area (TPSA) is 56.1 Å². The molecule has 0 aromatic carbocycles. The lowest BCUT2D eigenvalue weighted by molar-refractivity contribution is 0.0973. The molecular formula is C13H19NO3S. The van der Waals surface area contributed by atoms with E-state index in [9.17, 15) is 13.2 Å². The number of nitrogens with zero attached hydrogens (tertiary/aromatic N) is 1. The minimum absolute atomic E-state index is 0.131. The van der Waals surface area contributed by atoms with E-state index in [1.54, 1.807) is 20.0 Å². The van der Waals surface area contributed by atoms with E-state index < -0.39 is 9.84 Å². The third-order valence-electron chi connectivity index (χ3n) is 3.47. The number of carbonyl (C=O) groups excluding carboxylic acids is 1. The van der Waals surface area contributed by atoms with Gasteiger partial charge in [0.25, 0.3) is 0 Å². The maximum atomic E-state index is 11.7. The van der Waals surface area contributed by atoms with E-state index in [1.807, 2.05) is 10.8 Å².